The largest absolute Gasteiger partial charge is 0.352 e. The van der Waals surface area contributed by atoms with Gasteiger partial charge in [-0.3, -0.25) is 0 Å². The molecule has 3 heteroatoms. The van der Waals surface area contributed by atoms with Crippen LogP contribution in [0.4, 0.5) is 4.79 Å². The number of primary amides is 1. The van der Waals surface area contributed by atoms with E-state index in [9.17, 15) is 4.79 Å². The van der Waals surface area contributed by atoms with E-state index in [1.807, 2.05) is 61.5 Å². The first kappa shape index (κ1) is 12.2. The highest BCUT2D eigenvalue weighted by Crippen LogP contribution is 2.23. The quantitative estimate of drug-likeness (QED) is 0.849. The number of aryl methyl sites for hydroxylation is 1. The average Bonchev–Trinajstić information content (AvgIpc) is 2.38. The molecule has 2 aromatic rings. The molecule has 0 aliphatic rings. The van der Waals surface area contributed by atoms with Gasteiger partial charge < -0.3 is 11.1 Å². The lowest BCUT2D eigenvalue weighted by Gasteiger charge is -2.19. The molecule has 0 heterocycles. The van der Waals surface area contributed by atoms with Crippen molar-refractivity contribution in [2.24, 2.45) is 5.73 Å². The third-order valence-corrected chi connectivity index (χ3v) is 2.73. The van der Waals surface area contributed by atoms with Crippen molar-refractivity contribution in [3.05, 3.63) is 77.3 Å². The molecule has 0 atom stereocenters. The minimum Gasteiger partial charge on any atom is -0.352 e. The third-order valence-electron chi connectivity index (χ3n) is 2.73. The maximum Gasteiger partial charge on any atom is 0.313 e. The average molecular weight is 239 g/mol. The lowest BCUT2D eigenvalue weighted by atomic mass is 9.95. The Balaban J connectivity index is 2.44. The molecule has 0 fully saturated rings. The van der Waals surface area contributed by atoms with Crippen molar-refractivity contribution in [1.82, 2.24) is 5.32 Å². The van der Waals surface area contributed by atoms with Crippen LogP contribution in [0.5, 0.6) is 0 Å². The molecule has 1 radical (unpaired) electrons. The third kappa shape index (κ3) is 2.69. The Bertz CT molecular complexity index is 537. The van der Waals surface area contributed by atoms with Gasteiger partial charge in [0.25, 0.3) is 0 Å². The molecule has 0 aliphatic heterocycles. The summed E-state index contributed by atoms with van der Waals surface area (Å²) >= 11 is 0. The number of nitrogens with one attached hydrogen (secondary N) is 1. The summed E-state index contributed by atoms with van der Waals surface area (Å²) in [5, 5.41) is 2.71. The van der Waals surface area contributed by atoms with Crippen LogP contribution in [-0.4, -0.2) is 6.03 Å². The first-order valence-electron chi connectivity index (χ1n) is 5.73. The van der Waals surface area contributed by atoms with E-state index in [1.165, 1.54) is 0 Å². The van der Waals surface area contributed by atoms with Crippen LogP contribution >= 0.6 is 0 Å². The summed E-state index contributed by atoms with van der Waals surface area (Å²) in [6.07, 6.45) is 0. The van der Waals surface area contributed by atoms with Gasteiger partial charge in [-0.25, -0.2) is 4.79 Å². The van der Waals surface area contributed by atoms with Gasteiger partial charge in [0.2, 0.25) is 0 Å². The van der Waals surface area contributed by atoms with Crippen LogP contribution < -0.4 is 11.1 Å². The van der Waals surface area contributed by atoms with Crippen LogP contribution in [0.15, 0.2) is 54.6 Å². The normalized spacial score (nSPS) is 10.3. The minimum absolute atomic E-state index is 0.558. The van der Waals surface area contributed by atoms with Crippen molar-refractivity contribution < 1.29 is 4.79 Å². The van der Waals surface area contributed by atoms with E-state index in [-0.39, 0.29) is 0 Å². The molecule has 0 unspecified atom stereocenters. The first-order chi connectivity index (χ1) is 8.68. The van der Waals surface area contributed by atoms with E-state index < -0.39 is 6.03 Å². The Labute approximate surface area is 107 Å². The molecule has 2 rings (SSSR count). The Morgan fingerprint density at radius 2 is 1.61 bits per heavy atom. The number of rotatable bonds is 3. The predicted molar refractivity (Wildman–Crippen MR) is 71.8 cm³/mol. The molecule has 0 aliphatic carbocycles. The van der Waals surface area contributed by atoms with Crippen molar-refractivity contribution in [2.75, 3.05) is 0 Å². The van der Waals surface area contributed by atoms with Gasteiger partial charge in [-0.1, -0.05) is 54.6 Å². The molecular weight excluding hydrogens is 224 g/mol. The number of nitrogens with two attached hydrogens (primary N) is 1. The van der Waals surface area contributed by atoms with Gasteiger partial charge in [0.05, 0.1) is 0 Å². The molecule has 0 spiro atoms. The lowest BCUT2D eigenvalue weighted by molar-refractivity contribution is 0.250. The molecule has 91 valence electrons. The van der Waals surface area contributed by atoms with Gasteiger partial charge in [0.15, 0.2) is 0 Å². The standard InChI is InChI=1S/C15H15N2O/c1-11-7-5-6-10-13(11)14(17-15(16)18)12-8-3-2-4-9-12/h2-10H,1H3,(H3,16,17,18). The molecule has 0 saturated carbocycles. The summed E-state index contributed by atoms with van der Waals surface area (Å²) in [6, 6.07) is 17.7. The van der Waals surface area contributed by atoms with E-state index >= 15 is 0 Å². The van der Waals surface area contributed by atoms with Crippen LogP contribution in [-0.2, 0) is 0 Å². The zero-order valence-electron chi connectivity index (χ0n) is 10.2. The fourth-order valence-electron chi connectivity index (χ4n) is 1.88. The number of benzene rings is 2. The highest BCUT2D eigenvalue weighted by Gasteiger charge is 2.18. The van der Waals surface area contributed by atoms with Gasteiger partial charge >= 0.3 is 6.03 Å². The Morgan fingerprint density at radius 1 is 1.00 bits per heavy atom. The van der Waals surface area contributed by atoms with E-state index in [0.29, 0.717) is 0 Å². The topological polar surface area (TPSA) is 55.1 Å². The SMILES string of the molecule is Cc1ccccc1[C](NC(N)=O)c1ccccc1. The molecular formula is C15H15N2O. The van der Waals surface area contributed by atoms with Gasteiger partial charge in [-0.2, -0.15) is 0 Å². The van der Waals surface area contributed by atoms with Crippen LogP contribution in [0.25, 0.3) is 0 Å². The molecule has 0 aromatic heterocycles. The summed E-state index contributed by atoms with van der Waals surface area (Å²) in [5.74, 6) is 0. The number of carbonyl (C=O) groups excluding carboxylic acids is 1. The van der Waals surface area contributed by atoms with Crippen LogP contribution in [0.3, 0.4) is 0 Å². The highest BCUT2D eigenvalue weighted by atomic mass is 16.2. The van der Waals surface area contributed by atoms with Crippen molar-refractivity contribution in [2.45, 2.75) is 6.92 Å². The molecule has 3 N–H and O–H groups in total. The number of urea groups is 1. The monoisotopic (exact) mass is 239 g/mol. The smallest absolute Gasteiger partial charge is 0.313 e. The molecule has 0 saturated heterocycles. The summed E-state index contributed by atoms with van der Waals surface area (Å²) in [6.45, 7) is 2.00. The van der Waals surface area contributed by atoms with E-state index in [0.717, 1.165) is 22.7 Å². The Hall–Kier alpha value is -2.29. The zero-order valence-corrected chi connectivity index (χ0v) is 10.2. The van der Waals surface area contributed by atoms with Crippen LogP contribution in [0.1, 0.15) is 16.7 Å². The first-order valence-corrected chi connectivity index (χ1v) is 5.73. The van der Waals surface area contributed by atoms with Crippen LogP contribution in [0.2, 0.25) is 0 Å². The Kier molecular flexibility index (Phi) is 3.63. The van der Waals surface area contributed by atoms with Gasteiger partial charge in [-0.05, 0) is 23.6 Å². The van der Waals surface area contributed by atoms with Crippen molar-refractivity contribution >= 4 is 6.03 Å². The lowest BCUT2D eigenvalue weighted by Crippen LogP contribution is -2.34. The maximum absolute atomic E-state index is 11.2. The minimum atomic E-state index is -0.558. The predicted octanol–water partition coefficient (Wildman–Crippen LogP) is 2.59. The maximum atomic E-state index is 11.2. The number of carbonyl (C=O) groups is 1. The van der Waals surface area contributed by atoms with Gasteiger partial charge in [0.1, 0.15) is 6.04 Å². The van der Waals surface area contributed by atoms with Crippen molar-refractivity contribution in [3.63, 3.8) is 0 Å². The second-order valence-corrected chi connectivity index (χ2v) is 4.05. The zero-order chi connectivity index (χ0) is 13.0. The second kappa shape index (κ2) is 5.36. The second-order valence-electron chi connectivity index (χ2n) is 4.05. The summed E-state index contributed by atoms with van der Waals surface area (Å²) in [5.41, 5.74) is 8.25. The number of hydrogen-bond donors (Lipinski definition) is 2. The van der Waals surface area contributed by atoms with Gasteiger partial charge in [0, 0.05) is 0 Å². The highest BCUT2D eigenvalue weighted by molar-refractivity contribution is 5.75. The summed E-state index contributed by atoms with van der Waals surface area (Å²) < 4.78 is 0. The summed E-state index contributed by atoms with van der Waals surface area (Å²) in [4.78, 5) is 11.2. The van der Waals surface area contributed by atoms with Crippen molar-refractivity contribution in [3.8, 4) is 0 Å². The van der Waals surface area contributed by atoms with Crippen LogP contribution in [0, 0.1) is 13.0 Å². The van der Waals surface area contributed by atoms with E-state index in [4.69, 9.17) is 5.73 Å². The molecule has 2 aromatic carbocycles. The summed E-state index contributed by atoms with van der Waals surface area (Å²) in [7, 11) is 0. The number of hydrogen-bond acceptors (Lipinski definition) is 1. The van der Waals surface area contributed by atoms with E-state index in [1.54, 1.807) is 0 Å². The molecule has 3 nitrogen and oxygen atoms in total. The van der Waals surface area contributed by atoms with Gasteiger partial charge in [-0.15, -0.1) is 0 Å². The molecule has 2 amide bonds. The fraction of sp³-hybridized carbons (Fsp3) is 0.0667. The molecule has 18 heavy (non-hydrogen) atoms. The Morgan fingerprint density at radius 3 is 2.22 bits per heavy atom. The number of amides is 2. The fourth-order valence-corrected chi connectivity index (χ4v) is 1.88. The van der Waals surface area contributed by atoms with E-state index in [2.05, 4.69) is 5.32 Å². The van der Waals surface area contributed by atoms with Crippen molar-refractivity contribution in [1.29, 1.82) is 0 Å². The molecule has 0 bridgehead atoms.